The first kappa shape index (κ1) is 22.0. The van der Waals surface area contributed by atoms with Gasteiger partial charge in [-0.1, -0.05) is 31.5 Å². The SMILES string of the molecule is CCC(C)Oc1ccccc1/C=C/C(=O)NC1CCCC(C(=O)NC(C)C)C1. The van der Waals surface area contributed by atoms with Gasteiger partial charge in [-0.2, -0.15) is 0 Å². The molecule has 28 heavy (non-hydrogen) atoms. The third kappa shape index (κ3) is 7.02. The summed E-state index contributed by atoms with van der Waals surface area (Å²) in [4.78, 5) is 24.6. The first-order valence-electron chi connectivity index (χ1n) is 10.4. The Morgan fingerprint density at radius 2 is 1.96 bits per heavy atom. The van der Waals surface area contributed by atoms with Crippen LogP contribution in [0.25, 0.3) is 6.08 Å². The van der Waals surface area contributed by atoms with Gasteiger partial charge in [-0.25, -0.2) is 0 Å². The summed E-state index contributed by atoms with van der Waals surface area (Å²) in [6.07, 6.45) is 7.85. The first-order chi connectivity index (χ1) is 13.4. The molecule has 154 valence electrons. The van der Waals surface area contributed by atoms with Gasteiger partial charge in [-0.3, -0.25) is 9.59 Å². The van der Waals surface area contributed by atoms with Gasteiger partial charge in [0.05, 0.1) is 6.10 Å². The van der Waals surface area contributed by atoms with Crippen LogP contribution in [0, 0.1) is 5.92 Å². The van der Waals surface area contributed by atoms with E-state index in [1.54, 1.807) is 12.2 Å². The van der Waals surface area contributed by atoms with Crippen molar-refractivity contribution in [2.75, 3.05) is 0 Å². The van der Waals surface area contributed by atoms with Crippen molar-refractivity contribution < 1.29 is 14.3 Å². The molecular weight excluding hydrogens is 352 g/mol. The molecule has 3 atom stereocenters. The fourth-order valence-corrected chi connectivity index (χ4v) is 3.40. The van der Waals surface area contributed by atoms with Crippen LogP contribution >= 0.6 is 0 Å². The average Bonchev–Trinajstić information content (AvgIpc) is 2.67. The molecule has 0 spiro atoms. The lowest BCUT2D eigenvalue weighted by Gasteiger charge is -2.29. The van der Waals surface area contributed by atoms with E-state index in [4.69, 9.17) is 4.74 Å². The number of hydrogen-bond donors (Lipinski definition) is 2. The van der Waals surface area contributed by atoms with Crippen molar-refractivity contribution in [3.05, 3.63) is 35.9 Å². The van der Waals surface area contributed by atoms with E-state index >= 15 is 0 Å². The predicted molar refractivity (Wildman–Crippen MR) is 113 cm³/mol. The van der Waals surface area contributed by atoms with Gasteiger partial charge in [0.2, 0.25) is 11.8 Å². The van der Waals surface area contributed by atoms with E-state index in [1.807, 2.05) is 45.0 Å². The van der Waals surface area contributed by atoms with E-state index < -0.39 is 0 Å². The molecule has 1 aliphatic rings. The van der Waals surface area contributed by atoms with Crippen molar-refractivity contribution in [2.24, 2.45) is 5.92 Å². The highest BCUT2D eigenvalue weighted by atomic mass is 16.5. The fourth-order valence-electron chi connectivity index (χ4n) is 3.40. The Kier molecular flexibility index (Phi) is 8.55. The summed E-state index contributed by atoms with van der Waals surface area (Å²) in [7, 11) is 0. The van der Waals surface area contributed by atoms with Crippen LogP contribution in [0.2, 0.25) is 0 Å². The number of carbonyl (C=O) groups is 2. The van der Waals surface area contributed by atoms with E-state index in [-0.39, 0.29) is 35.9 Å². The number of benzene rings is 1. The van der Waals surface area contributed by atoms with Gasteiger partial charge in [0.1, 0.15) is 5.75 Å². The molecule has 1 saturated carbocycles. The van der Waals surface area contributed by atoms with Gasteiger partial charge in [0.15, 0.2) is 0 Å². The second-order valence-corrected chi connectivity index (χ2v) is 7.94. The van der Waals surface area contributed by atoms with Crippen LogP contribution in [0.5, 0.6) is 5.75 Å². The van der Waals surface area contributed by atoms with Crippen molar-refractivity contribution in [2.45, 2.75) is 78.0 Å². The molecule has 5 heteroatoms. The average molecular weight is 387 g/mol. The molecule has 0 heterocycles. The Labute approximate surface area is 168 Å². The zero-order valence-electron chi connectivity index (χ0n) is 17.5. The Balaban J connectivity index is 1.92. The van der Waals surface area contributed by atoms with Crippen LogP contribution in [0.15, 0.2) is 30.3 Å². The molecule has 3 unspecified atom stereocenters. The molecule has 2 rings (SSSR count). The van der Waals surface area contributed by atoms with Crippen LogP contribution in [-0.4, -0.2) is 30.0 Å². The molecule has 0 aromatic heterocycles. The second-order valence-electron chi connectivity index (χ2n) is 7.94. The zero-order valence-corrected chi connectivity index (χ0v) is 17.5. The molecule has 2 N–H and O–H groups in total. The minimum absolute atomic E-state index is 0.0184. The van der Waals surface area contributed by atoms with E-state index in [1.165, 1.54) is 0 Å². The Bertz CT molecular complexity index is 684. The monoisotopic (exact) mass is 386 g/mol. The Hall–Kier alpha value is -2.30. The molecule has 0 bridgehead atoms. The van der Waals surface area contributed by atoms with E-state index in [0.29, 0.717) is 6.42 Å². The van der Waals surface area contributed by atoms with Gasteiger partial charge in [-0.15, -0.1) is 0 Å². The lowest BCUT2D eigenvalue weighted by atomic mass is 9.85. The smallest absolute Gasteiger partial charge is 0.244 e. The topological polar surface area (TPSA) is 67.4 Å². The number of hydrogen-bond acceptors (Lipinski definition) is 3. The van der Waals surface area contributed by atoms with Crippen LogP contribution in [0.4, 0.5) is 0 Å². The van der Waals surface area contributed by atoms with Crippen molar-refractivity contribution in [3.8, 4) is 5.75 Å². The van der Waals surface area contributed by atoms with Crippen LogP contribution < -0.4 is 15.4 Å². The van der Waals surface area contributed by atoms with Crippen molar-refractivity contribution >= 4 is 17.9 Å². The minimum Gasteiger partial charge on any atom is -0.490 e. The molecule has 0 aliphatic heterocycles. The lowest BCUT2D eigenvalue weighted by Crippen LogP contribution is -2.43. The van der Waals surface area contributed by atoms with Crippen molar-refractivity contribution in [3.63, 3.8) is 0 Å². The maximum Gasteiger partial charge on any atom is 0.244 e. The van der Waals surface area contributed by atoms with Gasteiger partial charge in [0.25, 0.3) is 0 Å². The van der Waals surface area contributed by atoms with Crippen LogP contribution in [0.1, 0.15) is 65.4 Å². The largest absolute Gasteiger partial charge is 0.490 e. The van der Waals surface area contributed by atoms with Crippen LogP contribution in [0.3, 0.4) is 0 Å². The maximum atomic E-state index is 12.4. The van der Waals surface area contributed by atoms with E-state index in [2.05, 4.69) is 17.6 Å². The lowest BCUT2D eigenvalue weighted by molar-refractivity contribution is -0.127. The Morgan fingerprint density at radius 1 is 1.21 bits per heavy atom. The van der Waals surface area contributed by atoms with Crippen molar-refractivity contribution in [1.29, 1.82) is 0 Å². The van der Waals surface area contributed by atoms with Crippen LogP contribution in [-0.2, 0) is 9.59 Å². The number of rotatable bonds is 8. The number of nitrogens with one attached hydrogen (secondary N) is 2. The Morgan fingerprint density at radius 3 is 2.68 bits per heavy atom. The summed E-state index contributed by atoms with van der Waals surface area (Å²) < 4.78 is 5.92. The molecule has 1 aromatic rings. The first-order valence-corrected chi connectivity index (χ1v) is 10.4. The third-order valence-electron chi connectivity index (χ3n) is 5.06. The number of ether oxygens (including phenoxy) is 1. The maximum absolute atomic E-state index is 12.4. The molecule has 2 amide bonds. The third-order valence-corrected chi connectivity index (χ3v) is 5.06. The predicted octanol–water partition coefficient (Wildman–Crippen LogP) is 4.08. The van der Waals surface area contributed by atoms with Gasteiger partial charge < -0.3 is 15.4 Å². The molecule has 0 saturated heterocycles. The summed E-state index contributed by atoms with van der Waals surface area (Å²) in [6.45, 7) is 8.04. The normalized spacial score (nSPS) is 20.8. The second kappa shape index (κ2) is 10.9. The fraction of sp³-hybridized carbons (Fsp3) is 0.565. The molecule has 1 aromatic carbocycles. The zero-order chi connectivity index (χ0) is 20.5. The number of carbonyl (C=O) groups excluding carboxylic acids is 2. The summed E-state index contributed by atoms with van der Waals surface area (Å²) in [6, 6.07) is 7.90. The number of amides is 2. The van der Waals surface area contributed by atoms with E-state index in [9.17, 15) is 9.59 Å². The molecule has 0 radical (unpaired) electrons. The summed E-state index contributed by atoms with van der Waals surface area (Å²) in [5, 5.41) is 6.03. The minimum atomic E-state index is -0.131. The summed E-state index contributed by atoms with van der Waals surface area (Å²) in [5.41, 5.74) is 0.885. The van der Waals surface area contributed by atoms with Gasteiger partial charge >= 0.3 is 0 Å². The highest BCUT2D eigenvalue weighted by Gasteiger charge is 2.28. The molecular formula is C23H34N2O3. The van der Waals surface area contributed by atoms with Gasteiger partial charge in [0, 0.05) is 29.6 Å². The highest BCUT2D eigenvalue weighted by molar-refractivity contribution is 5.92. The van der Waals surface area contributed by atoms with Crippen molar-refractivity contribution in [1.82, 2.24) is 10.6 Å². The summed E-state index contributed by atoms with van der Waals surface area (Å²) in [5.74, 6) is 0.730. The summed E-state index contributed by atoms with van der Waals surface area (Å²) >= 11 is 0. The standard InChI is InChI=1S/C23H34N2O3/c1-5-17(4)28-21-12-7-6-9-18(21)13-14-22(26)25-20-11-8-10-19(15-20)23(27)24-16(2)3/h6-7,9,12-14,16-17,19-20H,5,8,10-11,15H2,1-4H3,(H,24,27)(H,25,26)/b14-13+. The molecule has 5 nitrogen and oxygen atoms in total. The van der Waals surface area contributed by atoms with Gasteiger partial charge in [-0.05, 0) is 58.6 Å². The number of para-hydroxylation sites is 1. The quantitative estimate of drug-likeness (QED) is 0.662. The molecule has 1 fully saturated rings. The highest BCUT2D eigenvalue weighted by Crippen LogP contribution is 2.25. The van der Waals surface area contributed by atoms with E-state index in [0.717, 1.165) is 37.0 Å². The molecule has 1 aliphatic carbocycles.